The van der Waals surface area contributed by atoms with Gasteiger partial charge in [0.15, 0.2) is 0 Å². The molecule has 0 spiro atoms. The molecule has 0 aliphatic rings. The zero-order chi connectivity index (χ0) is 14.0. The molecule has 3 N–H and O–H groups in total. The Labute approximate surface area is 117 Å². The molecule has 2 rings (SSSR count). The van der Waals surface area contributed by atoms with Gasteiger partial charge in [-0.1, -0.05) is 20.8 Å². The summed E-state index contributed by atoms with van der Waals surface area (Å²) in [4.78, 5) is 13.2. The Balaban J connectivity index is 2.14. The molecule has 0 unspecified atom stereocenters. The standard InChI is InChI=1S/C13H19N5S/c1-8-16-9(7-19-8)6-15-11-5-10(14)17-12(18-11)13(2,3)4/h5,7H,6H2,1-4H3,(H3,14,15,17,18). The Morgan fingerprint density at radius 3 is 2.58 bits per heavy atom. The van der Waals surface area contributed by atoms with Crippen LogP contribution in [0.3, 0.4) is 0 Å². The van der Waals surface area contributed by atoms with Crippen LogP contribution in [-0.4, -0.2) is 15.0 Å². The summed E-state index contributed by atoms with van der Waals surface area (Å²) in [5, 5.41) is 6.34. The second-order valence-corrected chi connectivity index (χ2v) is 6.53. The molecule has 5 nitrogen and oxygen atoms in total. The average Bonchev–Trinajstić information content (AvgIpc) is 2.71. The lowest BCUT2D eigenvalue weighted by Gasteiger charge is -2.18. The lowest BCUT2D eigenvalue weighted by molar-refractivity contribution is 0.547. The minimum atomic E-state index is -0.122. The molecule has 0 fully saturated rings. The SMILES string of the molecule is Cc1nc(CNc2cc(N)nc(C(C)(C)C)n2)cs1. The van der Waals surface area contributed by atoms with Crippen LogP contribution >= 0.6 is 11.3 Å². The fourth-order valence-corrected chi connectivity index (χ4v) is 2.18. The zero-order valence-corrected chi connectivity index (χ0v) is 12.5. The van der Waals surface area contributed by atoms with Crippen molar-refractivity contribution in [3.05, 3.63) is 28.0 Å². The van der Waals surface area contributed by atoms with Crippen LogP contribution in [-0.2, 0) is 12.0 Å². The molecule has 2 heterocycles. The van der Waals surface area contributed by atoms with Crippen LogP contribution in [0.1, 0.15) is 37.3 Å². The van der Waals surface area contributed by atoms with E-state index in [0.29, 0.717) is 12.4 Å². The number of nitrogen functional groups attached to an aromatic ring is 1. The first-order valence-corrected chi connectivity index (χ1v) is 7.02. The largest absolute Gasteiger partial charge is 0.384 e. The molecule has 0 radical (unpaired) electrons. The Kier molecular flexibility index (Phi) is 3.71. The average molecular weight is 277 g/mol. The molecule has 0 aliphatic carbocycles. The smallest absolute Gasteiger partial charge is 0.138 e. The van der Waals surface area contributed by atoms with Crippen LogP contribution in [0.15, 0.2) is 11.4 Å². The highest BCUT2D eigenvalue weighted by Crippen LogP contribution is 2.21. The molecular formula is C13H19N5S. The van der Waals surface area contributed by atoms with Crippen molar-refractivity contribution in [1.29, 1.82) is 0 Å². The van der Waals surface area contributed by atoms with E-state index >= 15 is 0 Å². The Morgan fingerprint density at radius 2 is 2.00 bits per heavy atom. The third-order valence-electron chi connectivity index (χ3n) is 2.53. The minimum absolute atomic E-state index is 0.122. The summed E-state index contributed by atoms with van der Waals surface area (Å²) in [5.74, 6) is 1.96. The van der Waals surface area contributed by atoms with E-state index < -0.39 is 0 Å². The molecule has 2 aromatic heterocycles. The Morgan fingerprint density at radius 1 is 1.26 bits per heavy atom. The van der Waals surface area contributed by atoms with Crippen LogP contribution in [0.5, 0.6) is 0 Å². The number of rotatable bonds is 3. The second kappa shape index (κ2) is 5.13. The maximum atomic E-state index is 5.82. The summed E-state index contributed by atoms with van der Waals surface area (Å²) in [6, 6.07) is 1.74. The highest BCUT2D eigenvalue weighted by Gasteiger charge is 2.18. The first-order chi connectivity index (χ1) is 8.84. The molecule has 102 valence electrons. The Hall–Kier alpha value is -1.69. The van der Waals surface area contributed by atoms with Crippen molar-refractivity contribution in [2.45, 2.75) is 39.7 Å². The van der Waals surface area contributed by atoms with Crippen LogP contribution in [0.2, 0.25) is 0 Å². The summed E-state index contributed by atoms with van der Waals surface area (Å²) in [5.41, 5.74) is 6.71. The number of nitrogens with zero attached hydrogens (tertiary/aromatic N) is 3. The maximum Gasteiger partial charge on any atom is 0.138 e. The number of anilines is 2. The van der Waals surface area contributed by atoms with Crippen molar-refractivity contribution in [3.63, 3.8) is 0 Å². The van der Waals surface area contributed by atoms with Gasteiger partial charge in [0.25, 0.3) is 0 Å². The zero-order valence-electron chi connectivity index (χ0n) is 11.7. The lowest BCUT2D eigenvalue weighted by Crippen LogP contribution is -2.18. The van der Waals surface area contributed by atoms with Gasteiger partial charge in [0.2, 0.25) is 0 Å². The van der Waals surface area contributed by atoms with Crippen LogP contribution in [0, 0.1) is 6.92 Å². The molecule has 0 aliphatic heterocycles. The number of hydrogen-bond donors (Lipinski definition) is 2. The first-order valence-electron chi connectivity index (χ1n) is 6.14. The molecule has 0 aromatic carbocycles. The van der Waals surface area contributed by atoms with Crippen molar-refractivity contribution >= 4 is 23.0 Å². The Bertz CT molecular complexity index is 571. The van der Waals surface area contributed by atoms with Crippen molar-refractivity contribution in [3.8, 4) is 0 Å². The van der Waals surface area contributed by atoms with E-state index in [9.17, 15) is 0 Å². The number of thiazole rings is 1. The lowest BCUT2D eigenvalue weighted by atomic mass is 9.96. The van der Waals surface area contributed by atoms with Crippen molar-refractivity contribution < 1.29 is 0 Å². The van der Waals surface area contributed by atoms with Crippen LogP contribution in [0.25, 0.3) is 0 Å². The summed E-state index contributed by atoms with van der Waals surface area (Å²) in [6.45, 7) is 8.83. The van der Waals surface area contributed by atoms with E-state index in [1.54, 1.807) is 17.4 Å². The predicted molar refractivity (Wildman–Crippen MR) is 79.3 cm³/mol. The van der Waals surface area contributed by atoms with Gasteiger partial charge in [-0.15, -0.1) is 11.3 Å². The monoisotopic (exact) mass is 277 g/mol. The van der Waals surface area contributed by atoms with Gasteiger partial charge in [0, 0.05) is 16.9 Å². The van der Waals surface area contributed by atoms with E-state index in [1.165, 1.54) is 0 Å². The molecule has 19 heavy (non-hydrogen) atoms. The summed E-state index contributed by atoms with van der Waals surface area (Å²) >= 11 is 1.64. The van der Waals surface area contributed by atoms with Gasteiger partial charge in [-0.05, 0) is 6.92 Å². The van der Waals surface area contributed by atoms with Crippen molar-refractivity contribution in [1.82, 2.24) is 15.0 Å². The van der Waals surface area contributed by atoms with E-state index in [0.717, 1.165) is 22.3 Å². The minimum Gasteiger partial charge on any atom is -0.384 e. The fourth-order valence-electron chi connectivity index (χ4n) is 1.56. The molecule has 6 heteroatoms. The van der Waals surface area contributed by atoms with Gasteiger partial charge < -0.3 is 11.1 Å². The van der Waals surface area contributed by atoms with Crippen molar-refractivity contribution in [2.24, 2.45) is 0 Å². The summed E-state index contributed by atoms with van der Waals surface area (Å²) < 4.78 is 0. The molecule has 0 amide bonds. The number of nitrogens with two attached hydrogens (primary N) is 1. The molecule has 0 bridgehead atoms. The third-order valence-corrected chi connectivity index (χ3v) is 3.36. The van der Waals surface area contributed by atoms with Gasteiger partial charge in [-0.3, -0.25) is 0 Å². The predicted octanol–water partition coefficient (Wildman–Crippen LogP) is 2.73. The maximum absolute atomic E-state index is 5.82. The molecule has 0 saturated carbocycles. The van der Waals surface area contributed by atoms with Gasteiger partial charge in [-0.2, -0.15) is 0 Å². The summed E-state index contributed by atoms with van der Waals surface area (Å²) in [6.07, 6.45) is 0. The van der Waals surface area contributed by atoms with Gasteiger partial charge in [-0.25, -0.2) is 15.0 Å². The highest BCUT2D eigenvalue weighted by atomic mass is 32.1. The van der Waals surface area contributed by atoms with Crippen molar-refractivity contribution in [2.75, 3.05) is 11.1 Å². The molecule has 0 atom stereocenters. The number of hydrogen-bond acceptors (Lipinski definition) is 6. The number of aromatic nitrogens is 3. The quantitative estimate of drug-likeness (QED) is 0.902. The molecule has 2 aromatic rings. The molecular weight excluding hydrogens is 258 g/mol. The number of nitrogens with one attached hydrogen (secondary N) is 1. The second-order valence-electron chi connectivity index (χ2n) is 5.46. The topological polar surface area (TPSA) is 76.7 Å². The van der Waals surface area contributed by atoms with Crippen LogP contribution in [0.4, 0.5) is 11.6 Å². The third kappa shape index (κ3) is 3.64. The van der Waals surface area contributed by atoms with E-state index in [2.05, 4.69) is 41.0 Å². The summed E-state index contributed by atoms with van der Waals surface area (Å²) in [7, 11) is 0. The first kappa shape index (κ1) is 13.7. The number of aryl methyl sites for hydroxylation is 1. The normalized spacial score (nSPS) is 11.6. The van der Waals surface area contributed by atoms with E-state index in [-0.39, 0.29) is 5.41 Å². The van der Waals surface area contributed by atoms with E-state index in [4.69, 9.17) is 5.73 Å². The molecule has 0 saturated heterocycles. The van der Waals surface area contributed by atoms with Gasteiger partial charge in [0.1, 0.15) is 17.5 Å². The van der Waals surface area contributed by atoms with Gasteiger partial charge >= 0.3 is 0 Å². The van der Waals surface area contributed by atoms with Crippen LogP contribution < -0.4 is 11.1 Å². The highest BCUT2D eigenvalue weighted by molar-refractivity contribution is 7.09. The van der Waals surface area contributed by atoms with Gasteiger partial charge in [0.05, 0.1) is 17.2 Å². The van der Waals surface area contributed by atoms with E-state index in [1.807, 2.05) is 12.3 Å². The fraction of sp³-hybridized carbons (Fsp3) is 0.462.